The van der Waals surface area contributed by atoms with Crippen molar-refractivity contribution in [3.63, 3.8) is 0 Å². The molecule has 0 N–H and O–H groups in total. The number of likely N-dealkylation sites (tertiary alicyclic amines) is 1. The van der Waals surface area contributed by atoms with Gasteiger partial charge in [-0.15, -0.1) is 10.2 Å². The smallest absolute Gasteiger partial charge is 0.409 e. The van der Waals surface area contributed by atoms with Crippen LogP contribution < -0.4 is 4.90 Å². The summed E-state index contributed by atoms with van der Waals surface area (Å²) in [5.41, 5.74) is 0. The molecule has 2 saturated heterocycles. The first-order valence-electron chi connectivity index (χ1n) is 8.57. The van der Waals surface area contributed by atoms with Gasteiger partial charge in [-0.1, -0.05) is 11.6 Å². The number of carbonyl (C=O) groups is 1. The average molecular weight is 354 g/mol. The van der Waals surface area contributed by atoms with Crippen LogP contribution in [0.1, 0.15) is 19.8 Å². The number of anilines is 1. The summed E-state index contributed by atoms with van der Waals surface area (Å²) < 4.78 is 5.08. The summed E-state index contributed by atoms with van der Waals surface area (Å²) in [6.45, 7) is 7.74. The molecule has 0 spiro atoms. The fourth-order valence-corrected chi connectivity index (χ4v) is 3.52. The Kier molecular flexibility index (Phi) is 5.73. The van der Waals surface area contributed by atoms with Crippen molar-refractivity contribution in [1.29, 1.82) is 0 Å². The van der Waals surface area contributed by atoms with Gasteiger partial charge in [-0.3, -0.25) is 4.90 Å². The average Bonchev–Trinajstić information content (AvgIpc) is 2.63. The number of amides is 1. The second kappa shape index (κ2) is 7.98. The maximum absolute atomic E-state index is 11.8. The van der Waals surface area contributed by atoms with Gasteiger partial charge in [0.25, 0.3) is 0 Å². The van der Waals surface area contributed by atoms with E-state index < -0.39 is 0 Å². The van der Waals surface area contributed by atoms with Crippen molar-refractivity contribution < 1.29 is 9.53 Å². The molecule has 1 amide bonds. The molecule has 8 heteroatoms. The highest BCUT2D eigenvalue weighted by atomic mass is 35.5. The number of hydrogen-bond acceptors (Lipinski definition) is 6. The van der Waals surface area contributed by atoms with Gasteiger partial charge in [-0.25, -0.2) is 4.79 Å². The lowest BCUT2D eigenvalue weighted by atomic mass is 10.0. The van der Waals surface area contributed by atoms with E-state index in [-0.39, 0.29) is 6.09 Å². The minimum absolute atomic E-state index is 0.179. The predicted octanol–water partition coefficient (Wildman–Crippen LogP) is 1.87. The third-order valence-electron chi connectivity index (χ3n) is 4.76. The molecule has 0 bridgehead atoms. The van der Waals surface area contributed by atoms with E-state index in [1.165, 1.54) is 0 Å². The molecule has 0 aromatic carbocycles. The van der Waals surface area contributed by atoms with Crippen molar-refractivity contribution in [3.8, 4) is 0 Å². The Morgan fingerprint density at radius 1 is 1.17 bits per heavy atom. The van der Waals surface area contributed by atoms with Gasteiger partial charge in [0.1, 0.15) is 0 Å². The number of carbonyl (C=O) groups excluding carboxylic acids is 1. The van der Waals surface area contributed by atoms with Crippen LogP contribution >= 0.6 is 11.6 Å². The Hall–Kier alpha value is -1.60. The number of nitrogens with zero attached hydrogens (tertiary/aromatic N) is 5. The second-order valence-corrected chi connectivity index (χ2v) is 6.54. The van der Waals surface area contributed by atoms with Gasteiger partial charge >= 0.3 is 6.09 Å². The monoisotopic (exact) mass is 353 g/mol. The minimum Gasteiger partial charge on any atom is -0.450 e. The minimum atomic E-state index is -0.179. The van der Waals surface area contributed by atoms with Gasteiger partial charge in [0.05, 0.1) is 6.61 Å². The second-order valence-electron chi connectivity index (χ2n) is 6.15. The lowest BCUT2D eigenvalue weighted by molar-refractivity contribution is 0.0729. The fourth-order valence-electron chi connectivity index (χ4n) is 3.42. The highest BCUT2D eigenvalue weighted by Gasteiger charge is 2.29. The summed E-state index contributed by atoms with van der Waals surface area (Å²) >= 11 is 5.79. The van der Waals surface area contributed by atoms with Crippen molar-refractivity contribution in [1.82, 2.24) is 20.0 Å². The standard InChI is InChI=1S/C16H24ClN5O2/c1-2-24-16(23)22-7-5-13(6-8-22)20-9-11-21(12-10-20)15-4-3-14(17)18-19-15/h3-4,13H,2,5-12H2,1H3. The van der Waals surface area contributed by atoms with Crippen molar-refractivity contribution in [3.05, 3.63) is 17.3 Å². The van der Waals surface area contributed by atoms with Crippen molar-refractivity contribution in [2.24, 2.45) is 0 Å². The summed E-state index contributed by atoms with van der Waals surface area (Å²) in [5.74, 6) is 0.885. The highest BCUT2D eigenvalue weighted by molar-refractivity contribution is 6.29. The molecule has 3 rings (SSSR count). The molecule has 1 aromatic rings. The Morgan fingerprint density at radius 2 is 1.88 bits per heavy atom. The molecule has 2 aliphatic rings. The molecule has 0 saturated carbocycles. The molecule has 0 radical (unpaired) electrons. The van der Waals surface area contributed by atoms with Crippen LogP contribution in [0.2, 0.25) is 5.15 Å². The van der Waals surface area contributed by atoms with E-state index in [9.17, 15) is 4.79 Å². The molecular formula is C16H24ClN5O2. The number of rotatable bonds is 3. The van der Waals surface area contributed by atoms with Gasteiger partial charge in [0.2, 0.25) is 0 Å². The third-order valence-corrected chi connectivity index (χ3v) is 4.96. The number of aromatic nitrogens is 2. The zero-order valence-corrected chi connectivity index (χ0v) is 14.8. The highest BCUT2D eigenvalue weighted by Crippen LogP contribution is 2.21. The Balaban J connectivity index is 1.46. The third kappa shape index (κ3) is 4.08. The zero-order chi connectivity index (χ0) is 16.9. The molecule has 3 heterocycles. The molecular weight excluding hydrogens is 330 g/mol. The molecule has 1 aromatic heterocycles. The molecule has 0 atom stereocenters. The quantitative estimate of drug-likeness (QED) is 0.826. The van der Waals surface area contributed by atoms with Crippen LogP contribution in [-0.4, -0.2) is 78.0 Å². The topological polar surface area (TPSA) is 61.8 Å². The molecule has 0 aliphatic carbocycles. The van der Waals surface area contributed by atoms with Gasteiger partial charge in [0, 0.05) is 45.3 Å². The number of ether oxygens (including phenoxy) is 1. The number of hydrogen-bond donors (Lipinski definition) is 0. The summed E-state index contributed by atoms with van der Waals surface area (Å²) in [4.78, 5) is 18.4. The first-order chi connectivity index (χ1) is 11.7. The van der Waals surface area contributed by atoms with E-state index in [0.29, 0.717) is 17.8 Å². The molecule has 7 nitrogen and oxygen atoms in total. The summed E-state index contributed by atoms with van der Waals surface area (Å²) in [6, 6.07) is 4.25. The van der Waals surface area contributed by atoms with Gasteiger partial charge in [0.15, 0.2) is 11.0 Å². The summed E-state index contributed by atoms with van der Waals surface area (Å²) in [6.07, 6.45) is 1.85. The maximum atomic E-state index is 11.8. The SMILES string of the molecule is CCOC(=O)N1CCC(N2CCN(c3ccc(Cl)nn3)CC2)CC1. The summed E-state index contributed by atoms with van der Waals surface area (Å²) in [7, 11) is 0. The lowest BCUT2D eigenvalue weighted by Gasteiger charge is -2.42. The molecule has 2 aliphatic heterocycles. The van der Waals surface area contributed by atoms with Crippen molar-refractivity contribution in [2.75, 3.05) is 50.8 Å². The number of halogens is 1. The molecule has 2 fully saturated rings. The van der Waals surface area contributed by atoms with E-state index >= 15 is 0 Å². The zero-order valence-electron chi connectivity index (χ0n) is 14.0. The van der Waals surface area contributed by atoms with Gasteiger partial charge in [-0.05, 0) is 31.9 Å². The van der Waals surface area contributed by atoms with Crippen LogP contribution in [0.4, 0.5) is 10.6 Å². The normalized spacial score (nSPS) is 20.2. The van der Waals surface area contributed by atoms with E-state index in [1.54, 1.807) is 6.07 Å². The maximum Gasteiger partial charge on any atom is 0.409 e. The van der Waals surface area contributed by atoms with Crippen molar-refractivity contribution in [2.45, 2.75) is 25.8 Å². The lowest BCUT2D eigenvalue weighted by Crippen LogP contribution is -2.54. The Morgan fingerprint density at radius 3 is 2.46 bits per heavy atom. The number of piperazine rings is 1. The van der Waals surface area contributed by atoms with E-state index in [1.807, 2.05) is 17.9 Å². The van der Waals surface area contributed by atoms with Gasteiger partial charge < -0.3 is 14.5 Å². The predicted molar refractivity (Wildman–Crippen MR) is 92.4 cm³/mol. The summed E-state index contributed by atoms with van der Waals surface area (Å²) in [5, 5.41) is 8.49. The Bertz CT molecular complexity index is 540. The van der Waals surface area contributed by atoms with Crippen LogP contribution in [0.15, 0.2) is 12.1 Å². The first kappa shape index (κ1) is 17.2. The Labute approximate surface area is 147 Å². The molecule has 0 unspecified atom stereocenters. The first-order valence-corrected chi connectivity index (χ1v) is 8.95. The van der Waals surface area contributed by atoms with Crippen LogP contribution in [0, 0.1) is 0 Å². The van der Waals surface area contributed by atoms with E-state index in [0.717, 1.165) is 57.9 Å². The van der Waals surface area contributed by atoms with Crippen LogP contribution in [-0.2, 0) is 4.74 Å². The number of piperidine rings is 1. The largest absolute Gasteiger partial charge is 0.450 e. The van der Waals surface area contributed by atoms with Crippen LogP contribution in [0.25, 0.3) is 0 Å². The molecule has 24 heavy (non-hydrogen) atoms. The van der Waals surface area contributed by atoms with Crippen LogP contribution in [0.3, 0.4) is 0 Å². The van der Waals surface area contributed by atoms with E-state index in [2.05, 4.69) is 20.0 Å². The van der Waals surface area contributed by atoms with Crippen molar-refractivity contribution >= 4 is 23.5 Å². The van der Waals surface area contributed by atoms with Crippen LogP contribution in [0.5, 0.6) is 0 Å². The van der Waals surface area contributed by atoms with Gasteiger partial charge in [-0.2, -0.15) is 0 Å². The van der Waals surface area contributed by atoms with E-state index in [4.69, 9.17) is 16.3 Å². The molecule has 132 valence electrons. The fraction of sp³-hybridized carbons (Fsp3) is 0.688.